The van der Waals surface area contributed by atoms with Crippen LogP contribution < -0.4 is 14.4 Å². The lowest BCUT2D eigenvalue weighted by molar-refractivity contribution is 0.397. The molecule has 0 aliphatic heterocycles. The van der Waals surface area contributed by atoms with Gasteiger partial charge in [-0.2, -0.15) is 0 Å². The topological polar surface area (TPSA) is 35.5 Å². The first-order chi connectivity index (χ1) is 16.2. The van der Waals surface area contributed by atoms with Gasteiger partial charge in [0.1, 0.15) is 11.5 Å². The monoisotopic (exact) mass is 470 g/mol. The zero-order valence-electron chi connectivity index (χ0n) is 20.7. The first-order valence-corrected chi connectivity index (χ1v) is 13.0. The molecule has 0 spiro atoms. The van der Waals surface area contributed by atoms with Crippen LogP contribution in [-0.4, -0.2) is 0 Å². The Morgan fingerprint density at radius 3 is 1.59 bits per heavy atom. The largest absolute Gasteiger partial charge is 0.463 e. The predicted molar refractivity (Wildman–Crippen MR) is 142 cm³/mol. The summed E-state index contributed by atoms with van der Waals surface area (Å²) in [5.41, 5.74) is 8.57. The highest BCUT2D eigenvalue weighted by molar-refractivity contribution is 7.63. The normalized spacial score (nSPS) is 11.4. The van der Waals surface area contributed by atoms with Gasteiger partial charge in [-0.1, -0.05) is 60.7 Å². The average Bonchev–Trinajstić information content (AvgIpc) is 2.81. The third kappa shape index (κ3) is 4.54. The highest BCUT2D eigenvalue weighted by atomic mass is 31.2. The Labute approximate surface area is 202 Å². The second-order valence-corrected chi connectivity index (χ2v) is 10.7. The second kappa shape index (κ2) is 9.52. The van der Waals surface area contributed by atoms with E-state index in [1.54, 1.807) is 0 Å². The van der Waals surface area contributed by atoms with E-state index < -0.39 is 7.60 Å². The Balaban J connectivity index is 1.89. The Bertz CT molecular complexity index is 1350. The molecule has 0 bridgehead atoms. The van der Waals surface area contributed by atoms with Crippen LogP contribution in [-0.2, 0) is 4.57 Å². The first-order valence-electron chi connectivity index (χ1n) is 11.5. The summed E-state index contributed by atoms with van der Waals surface area (Å²) in [6, 6.07) is 25.3. The number of benzene rings is 4. The van der Waals surface area contributed by atoms with Gasteiger partial charge in [0.2, 0.25) is 0 Å². The molecule has 0 aliphatic rings. The van der Waals surface area contributed by atoms with Crippen LogP contribution in [0.5, 0.6) is 11.5 Å². The average molecular weight is 471 g/mol. The van der Waals surface area contributed by atoms with E-state index in [1.807, 2.05) is 81.4 Å². The van der Waals surface area contributed by atoms with Gasteiger partial charge in [-0.25, -0.2) is 4.57 Å². The Morgan fingerprint density at radius 1 is 0.500 bits per heavy atom. The molecule has 0 saturated heterocycles. The summed E-state index contributed by atoms with van der Waals surface area (Å²) < 4.78 is 27.1. The van der Waals surface area contributed by atoms with Crippen LogP contribution in [0.25, 0.3) is 11.1 Å². The molecule has 0 atom stereocenters. The summed E-state index contributed by atoms with van der Waals surface area (Å²) in [5, 5.41) is 0.564. The van der Waals surface area contributed by atoms with Crippen molar-refractivity contribution >= 4 is 12.9 Å². The van der Waals surface area contributed by atoms with Crippen molar-refractivity contribution in [2.45, 2.75) is 41.5 Å². The highest BCUT2D eigenvalue weighted by Gasteiger charge is 2.35. The van der Waals surface area contributed by atoms with E-state index >= 15 is 0 Å². The van der Waals surface area contributed by atoms with Gasteiger partial charge in [0.25, 0.3) is 0 Å². The minimum Gasteiger partial charge on any atom is -0.413 e. The van der Waals surface area contributed by atoms with E-state index in [1.165, 1.54) is 16.7 Å². The van der Waals surface area contributed by atoms with E-state index in [2.05, 4.69) is 39.0 Å². The van der Waals surface area contributed by atoms with Crippen molar-refractivity contribution in [3.05, 3.63) is 112 Å². The van der Waals surface area contributed by atoms with Crippen LogP contribution in [0.15, 0.2) is 78.9 Å². The minimum atomic E-state index is -3.79. The number of para-hydroxylation sites is 2. The second-order valence-electron chi connectivity index (χ2n) is 8.84. The fourth-order valence-corrected chi connectivity index (χ4v) is 6.11. The van der Waals surface area contributed by atoms with Gasteiger partial charge in [-0.3, -0.25) is 0 Å². The van der Waals surface area contributed by atoms with Crippen LogP contribution in [0.1, 0.15) is 33.4 Å². The van der Waals surface area contributed by atoms with Crippen molar-refractivity contribution in [2.75, 3.05) is 0 Å². The number of hydrogen-bond acceptors (Lipinski definition) is 3. The lowest BCUT2D eigenvalue weighted by Crippen LogP contribution is -2.19. The fraction of sp³-hybridized carbons (Fsp3) is 0.200. The maximum atomic E-state index is 14.6. The summed E-state index contributed by atoms with van der Waals surface area (Å²) in [6.45, 7) is 12.3. The van der Waals surface area contributed by atoms with E-state index in [9.17, 15) is 4.57 Å². The SMILES string of the molecule is Cc1ccccc1OP(=O)(Oc1ccccc1C)c1cccc(-c2ccc(C)c(C)c2C)c1C. The molecule has 0 heterocycles. The van der Waals surface area contributed by atoms with Gasteiger partial charge >= 0.3 is 7.60 Å². The maximum absolute atomic E-state index is 14.6. The van der Waals surface area contributed by atoms with E-state index in [4.69, 9.17) is 9.05 Å². The Kier molecular flexibility index (Phi) is 6.68. The van der Waals surface area contributed by atoms with Gasteiger partial charge < -0.3 is 9.05 Å². The fourth-order valence-electron chi connectivity index (χ4n) is 4.15. The highest BCUT2D eigenvalue weighted by Crippen LogP contribution is 2.50. The molecular weight excluding hydrogens is 439 g/mol. The summed E-state index contributed by atoms with van der Waals surface area (Å²) in [7, 11) is -3.79. The first kappa shape index (κ1) is 23.9. The number of aryl methyl sites for hydroxylation is 3. The van der Waals surface area contributed by atoms with Gasteiger partial charge in [-0.15, -0.1) is 0 Å². The third-order valence-electron chi connectivity index (χ3n) is 6.57. The molecule has 0 amide bonds. The Hall–Kier alpha value is -3.29. The summed E-state index contributed by atoms with van der Waals surface area (Å²) in [5.74, 6) is 1.10. The zero-order chi connectivity index (χ0) is 24.5. The predicted octanol–water partition coefficient (Wildman–Crippen LogP) is 8.18. The number of hydrogen-bond donors (Lipinski definition) is 0. The van der Waals surface area contributed by atoms with Gasteiger partial charge in [0, 0.05) is 0 Å². The number of rotatable bonds is 6. The van der Waals surface area contributed by atoms with Crippen LogP contribution in [0.3, 0.4) is 0 Å². The molecule has 0 aromatic heterocycles. The maximum Gasteiger partial charge on any atom is 0.463 e. The van der Waals surface area contributed by atoms with Crippen molar-refractivity contribution in [3.63, 3.8) is 0 Å². The van der Waals surface area contributed by atoms with Crippen molar-refractivity contribution in [3.8, 4) is 22.6 Å². The van der Waals surface area contributed by atoms with Crippen molar-refractivity contribution < 1.29 is 13.6 Å². The van der Waals surface area contributed by atoms with Gasteiger partial charge in [0.15, 0.2) is 0 Å². The molecular formula is C30H31O3P. The molecule has 4 aromatic rings. The van der Waals surface area contributed by atoms with Crippen molar-refractivity contribution in [1.82, 2.24) is 0 Å². The van der Waals surface area contributed by atoms with Crippen LogP contribution in [0, 0.1) is 41.5 Å². The third-order valence-corrected chi connectivity index (χ3v) is 8.52. The van der Waals surface area contributed by atoms with Gasteiger partial charge in [-0.05, 0) is 104 Å². The molecule has 4 rings (SSSR count). The zero-order valence-corrected chi connectivity index (χ0v) is 21.6. The molecule has 0 saturated carbocycles. The van der Waals surface area contributed by atoms with E-state index in [0.29, 0.717) is 16.8 Å². The molecule has 4 aromatic carbocycles. The quantitative estimate of drug-likeness (QED) is 0.267. The van der Waals surface area contributed by atoms with Gasteiger partial charge in [0.05, 0.1) is 5.30 Å². The molecule has 4 heteroatoms. The van der Waals surface area contributed by atoms with Crippen molar-refractivity contribution in [1.29, 1.82) is 0 Å². The minimum absolute atomic E-state index is 0.548. The lowest BCUT2D eigenvalue weighted by atomic mass is 9.92. The molecule has 0 unspecified atom stereocenters. The van der Waals surface area contributed by atoms with E-state index in [0.717, 1.165) is 27.8 Å². The van der Waals surface area contributed by atoms with E-state index in [-0.39, 0.29) is 0 Å². The van der Waals surface area contributed by atoms with Crippen molar-refractivity contribution in [2.24, 2.45) is 0 Å². The summed E-state index contributed by atoms with van der Waals surface area (Å²) in [4.78, 5) is 0. The summed E-state index contributed by atoms with van der Waals surface area (Å²) >= 11 is 0. The lowest BCUT2D eigenvalue weighted by Gasteiger charge is -2.24. The van der Waals surface area contributed by atoms with Crippen LogP contribution in [0.4, 0.5) is 0 Å². The van der Waals surface area contributed by atoms with Crippen LogP contribution >= 0.6 is 7.60 Å². The molecule has 0 fully saturated rings. The molecule has 174 valence electrons. The standard InChI is InChI=1S/C30H31O3P/c1-20-18-19-27(24(5)23(20)4)26-14-11-17-30(25(26)6)34(31,32-28-15-9-7-12-21(28)2)33-29-16-10-8-13-22(29)3/h7-19H,1-6H3. The smallest absolute Gasteiger partial charge is 0.413 e. The van der Waals surface area contributed by atoms with Crippen LogP contribution in [0.2, 0.25) is 0 Å². The molecule has 34 heavy (non-hydrogen) atoms. The molecule has 3 nitrogen and oxygen atoms in total. The molecule has 0 N–H and O–H groups in total. The molecule has 0 aliphatic carbocycles. The Morgan fingerprint density at radius 2 is 1.03 bits per heavy atom. The summed E-state index contributed by atoms with van der Waals surface area (Å²) in [6.07, 6.45) is 0. The molecule has 0 radical (unpaired) electrons.